The molecule has 2 atom stereocenters. The maximum atomic E-state index is 13.1. The molecular formula is C27H24F3N3O2. The summed E-state index contributed by atoms with van der Waals surface area (Å²) in [6.07, 6.45) is 6.94. The molecule has 1 aliphatic carbocycles. The van der Waals surface area contributed by atoms with Crippen molar-refractivity contribution in [1.82, 2.24) is 9.78 Å². The van der Waals surface area contributed by atoms with Gasteiger partial charge in [0, 0.05) is 29.5 Å². The molecule has 2 aliphatic rings. The summed E-state index contributed by atoms with van der Waals surface area (Å²) in [5.74, 6) is -0.429. The predicted octanol–water partition coefficient (Wildman–Crippen LogP) is 5.75. The third kappa shape index (κ3) is 5.21. The van der Waals surface area contributed by atoms with Crippen molar-refractivity contribution in [3.63, 3.8) is 0 Å². The smallest absolute Gasteiger partial charge is 0.406 e. The number of rotatable bonds is 6. The lowest BCUT2D eigenvalue weighted by Gasteiger charge is -2.12. The summed E-state index contributed by atoms with van der Waals surface area (Å²) < 4.78 is 43.0. The third-order valence-electron chi connectivity index (χ3n) is 6.43. The minimum atomic E-state index is -4.72. The Morgan fingerprint density at radius 3 is 2.66 bits per heavy atom. The van der Waals surface area contributed by atoms with Crippen molar-refractivity contribution in [3.8, 4) is 16.9 Å². The van der Waals surface area contributed by atoms with Gasteiger partial charge in [0.15, 0.2) is 5.78 Å². The molecule has 8 heteroatoms. The first-order valence-corrected chi connectivity index (χ1v) is 11.5. The second-order valence-electron chi connectivity index (χ2n) is 9.06. The predicted molar refractivity (Wildman–Crippen MR) is 127 cm³/mol. The highest BCUT2D eigenvalue weighted by molar-refractivity contribution is 6.04. The number of hydrogen-bond acceptors (Lipinski definition) is 4. The van der Waals surface area contributed by atoms with Crippen LogP contribution in [0.2, 0.25) is 0 Å². The Morgan fingerprint density at radius 1 is 1.14 bits per heavy atom. The fraction of sp³-hybridized carbons (Fsp3) is 0.296. The molecule has 5 nitrogen and oxygen atoms in total. The average Bonchev–Trinajstić information content (AvgIpc) is 3.39. The Bertz CT molecular complexity index is 1310. The molecule has 5 rings (SSSR count). The zero-order valence-corrected chi connectivity index (χ0v) is 19.1. The van der Waals surface area contributed by atoms with Crippen molar-refractivity contribution in [3.05, 3.63) is 83.2 Å². The van der Waals surface area contributed by atoms with Crippen LogP contribution in [0.25, 0.3) is 11.1 Å². The molecule has 0 radical (unpaired) electrons. The lowest BCUT2D eigenvalue weighted by atomic mass is 9.95. The summed E-state index contributed by atoms with van der Waals surface area (Å²) >= 11 is 0. The second kappa shape index (κ2) is 9.17. The zero-order chi connectivity index (χ0) is 24.6. The van der Waals surface area contributed by atoms with Crippen molar-refractivity contribution in [2.24, 2.45) is 10.9 Å². The highest BCUT2D eigenvalue weighted by Gasteiger charge is 2.33. The van der Waals surface area contributed by atoms with Crippen molar-refractivity contribution in [2.75, 3.05) is 0 Å². The molecule has 2 unspecified atom stereocenters. The first kappa shape index (κ1) is 23.1. The molecule has 0 saturated carbocycles. The number of halogens is 3. The van der Waals surface area contributed by atoms with Crippen LogP contribution in [0, 0.1) is 12.8 Å². The highest BCUT2D eigenvalue weighted by atomic mass is 19.4. The van der Waals surface area contributed by atoms with Gasteiger partial charge < -0.3 is 4.74 Å². The highest BCUT2D eigenvalue weighted by Crippen LogP contribution is 2.35. The molecule has 1 aromatic heterocycles. The first-order chi connectivity index (χ1) is 16.7. The van der Waals surface area contributed by atoms with Crippen LogP contribution in [0.15, 0.2) is 65.9 Å². The number of aryl methyl sites for hydroxylation is 1. The molecule has 0 amide bonds. The van der Waals surface area contributed by atoms with E-state index in [1.54, 1.807) is 12.1 Å². The molecule has 0 bridgehead atoms. The van der Waals surface area contributed by atoms with E-state index in [2.05, 4.69) is 27.0 Å². The van der Waals surface area contributed by atoms with Crippen LogP contribution in [0.4, 0.5) is 13.2 Å². The van der Waals surface area contributed by atoms with Crippen LogP contribution in [0.5, 0.6) is 5.75 Å². The van der Waals surface area contributed by atoms with Crippen LogP contribution >= 0.6 is 0 Å². The number of aliphatic imine (C=N–C) groups is 1. The van der Waals surface area contributed by atoms with Crippen LogP contribution in [-0.2, 0) is 19.4 Å². The standard InChI is InChI=1S/C27H24F3N3O2/c1-17-10-19(22-14-32-33(15-22)16-23-4-2-3-9-31-23)12-20-13-21(26(34)25(17)20)11-18-5-7-24(8-6-18)35-27(28,29)30/h2-3,5-10,12,14-15,21,23H,4,11,13,16H2,1H3. The quantitative estimate of drug-likeness (QED) is 0.452. The van der Waals surface area contributed by atoms with Gasteiger partial charge in [-0.05, 0) is 66.6 Å². The van der Waals surface area contributed by atoms with E-state index in [9.17, 15) is 18.0 Å². The van der Waals surface area contributed by atoms with Crippen LogP contribution in [-0.4, -0.2) is 34.2 Å². The Kier molecular flexibility index (Phi) is 6.05. The maximum Gasteiger partial charge on any atom is 0.573 e. The van der Waals surface area contributed by atoms with E-state index < -0.39 is 6.36 Å². The van der Waals surface area contributed by atoms with Crippen LogP contribution in [0.3, 0.4) is 0 Å². The van der Waals surface area contributed by atoms with E-state index in [1.807, 2.05) is 42.4 Å². The van der Waals surface area contributed by atoms with Crippen molar-refractivity contribution in [2.45, 2.75) is 45.1 Å². The molecule has 3 aromatic rings. The van der Waals surface area contributed by atoms with E-state index in [1.165, 1.54) is 12.1 Å². The van der Waals surface area contributed by atoms with Gasteiger partial charge in [-0.25, -0.2) is 0 Å². The number of alkyl halides is 3. The Hall–Kier alpha value is -3.68. The SMILES string of the molecule is Cc1cc(-c2cnn(CC3CC=CC=N3)c2)cc2c1C(=O)C(Cc1ccc(OC(F)(F)F)cc1)C2. The van der Waals surface area contributed by atoms with Gasteiger partial charge in [0.1, 0.15) is 5.75 Å². The van der Waals surface area contributed by atoms with Crippen LogP contribution < -0.4 is 4.74 Å². The number of dihydropyridines is 1. The topological polar surface area (TPSA) is 56.5 Å². The van der Waals surface area contributed by atoms with E-state index in [-0.39, 0.29) is 23.5 Å². The van der Waals surface area contributed by atoms with Gasteiger partial charge in [0.2, 0.25) is 0 Å². The molecule has 0 spiro atoms. The molecule has 0 N–H and O–H groups in total. The number of fused-ring (bicyclic) bond motifs is 1. The van der Waals surface area contributed by atoms with Gasteiger partial charge in [-0.2, -0.15) is 5.10 Å². The molecule has 2 aromatic carbocycles. The van der Waals surface area contributed by atoms with Gasteiger partial charge in [-0.3, -0.25) is 14.5 Å². The number of carbonyl (C=O) groups is 1. The van der Waals surface area contributed by atoms with Crippen LogP contribution in [0.1, 0.15) is 33.5 Å². The number of Topliss-reactive ketones (excluding diaryl/α,β-unsaturated/α-hetero) is 1. The van der Waals surface area contributed by atoms with Crippen molar-refractivity contribution in [1.29, 1.82) is 0 Å². The molecule has 0 fully saturated rings. The zero-order valence-electron chi connectivity index (χ0n) is 19.1. The number of nitrogens with zero attached hydrogens (tertiary/aromatic N) is 3. The number of ether oxygens (including phenoxy) is 1. The lowest BCUT2D eigenvalue weighted by Crippen LogP contribution is -2.17. The van der Waals surface area contributed by atoms with E-state index in [4.69, 9.17) is 0 Å². The average molecular weight is 480 g/mol. The Labute approximate surface area is 200 Å². The summed E-state index contributed by atoms with van der Waals surface area (Å²) in [5.41, 5.74) is 5.48. The normalized spacial score (nSPS) is 19.3. The van der Waals surface area contributed by atoms with E-state index >= 15 is 0 Å². The van der Waals surface area contributed by atoms with E-state index in [0.717, 1.165) is 39.8 Å². The molecular weight excluding hydrogens is 455 g/mol. The van der Waals surface area contributed by atoms with Gasteiger partial charge in [-0.1, -0.05) is 30.3 Å². The number of aromatic nitrogens is 2. The monoisotopic (exact) mass is 479 g/mol. The number of hydrogen-bond donors (Lipinski definition) is 0. The second-order valence-corrected chi connectivity index (χ2v) is 9.06. The third-order valence-corrected chi connectivity index (χ3v) is 6.43. The maximum absolute atomic E-state index is 13.1. The molecule has 0 saturated heterocycles. The van der Waals surface area contributed by atoms with Crippen molar-refractivity contribution >= 4 is 12.0 Å². The largest absolute Gasteiger partial charge is 0.573 e. The number of ketones is 1. The minimum Gasteiger partial charge on any atom is -0.406 e. The minimum absolute atomic E-state index is 0.0820. The van der Waals surface area contributed by atoms with Gasteiger partial charge in [0.05, 0.1) is 18.8 Å². The first-order valence-electron chi connectivity index (χ1n) is 11.5. The fourth-order valence-electron chi connectivity index (χ4n) is 4.86. The summed E-state index contributed by atoms with van der Waals surface area (Å²) in [4.78, 5) is 17.6. The summed E-state index contributed by atoms with van der Waals surface area (Å²) in [6.45, 7) is 2.65. The van der Waals surface area contributed by atoms with Gasteiger partial charge in [-0.15, -0.1) is 13.2 Å². The Balaban J connectivity index is 1.29. The lowest BCUT2D eigenvalue weighted by molar-refractivity contribution is -0.274. The Morgan fingerprint density at radius 2 is 1.94 bits per heavy atom. The van der Waals surface area contributed by atoms with Gasteiger partial charge >= 0.3 is 6.36 Å². The van der Waals surface area contributed by atoms with E-state index in [0.29, 0.717) is 19.4 Å². The van der Waals surface area contributed by atoms with Crippen molar-refractivity contribution < 1.29 is 22.7 Å². The number of benzene rings is 2. The molecule has 180 valence electrons. The number of allylic oxidation sites excluding steroid dienone is 1. The van der Waals surface area contributed by atoms with Gasteiger partial charge in [0.25, 0.3) is 0 Å². The fourth-order valence-corrected chi connectivity index (χ4v) is 4.86. The number of carbonyl (C=O) groups excluding carboxylic acids is 1. The molecule has 2 heterocycles. The molecule has 1 aliphatic heterocycles. The summed E-state index contributed by atoms with van der Waals surface area (Å²) in [5, 5.41) is 4.50. The summed E-state index contributed by atoms with van der Waals surface area (Å²) in [6, 6.07) is 9.99. The summed E-state index contributed by atoms with van der Waals surface area (Å²) in [7, 11) is 0. The molecule has 35 heavy (non-hydrogen) atoms.